The molecule has 0 radical (unpaired) electrons. The van der Waals surface area contributed by atoms with Crippen LogP contribution in [0.1, 0.15) is 18.9 Å². The lowest BCUT2D eigenvalue weighted by atomic mass is 9.96. The minimum Gasteiger partial charge on any atom is -0.386 e. The molecule has 0 spiro atoms. The molecule has 18 heavy (non-hydrogen) atoms. The van der Waals surface area contributed by atoms with Crippen LogP contribution in [0.5, 0.6) is 0 Å². The van der Waals surface area contributed by atoms with Crippen LogP contribution in [0.2, 0.25) is 5.02 Å². The van der Waals surface area contributed by atoms with Gasteiger partial charge in [-0.05, 0) is 40.5 Å². The van der Waals surface area contributed by atoms with Crippen molar-refractivity contribution in [3.05, 3.63) is 33.3 Å². The fourth-order valence-electron chi connectivity index (χ4n) is 2.08. The summed E-state index contributed by atoms with van der Waals surface area (Å²) in [4.78, 5) is 0. The first-order chi connectivity index (χ1) is 8.51. The minimum absolute atomic E-state index is 0.112. The van der Waals surface area contributed by atoms with Gasteiger partial charge in [-0.1, -0.05) is 17.7 Å². The number of benzene rings is 1. The van der Waals surface area contributed by atoms with Gasteiger partial charge in [0, 0.05) is 30.6 Å². The number of aliphatic hydroxyl groups is 1. The van der Waals surface area contributed by atoms with Gasteiger partial charge in [0.05, 0.1) is 11.1 Å². The molecule has 0 aliphatic carbocycles. The van der Waals surface area contributed by atoms with Crippen LogP contribution in [0, 0.1) is 0 Å². The van der Waals surface area contributed by atoms with E-state index in [1.807, 2.05) is 25.1 Å². The Morgan fingerprint density at radius 2 is 2.39 bits per heavy atom. The van der Waals surface area contributed by atoms with Crippen molar-refractivity contribution in [2.24, 2.45) is 0 Å². The maximum Gasteiger partial charge on any atom is 0.105 e. The van der Waals surface area contributed by atoms with Crippen LogP contribution in [-0.4, -0.2) is 30.0 Å². The van der Waals surface area contributed by atoms with Crippen molar-refractivity contribution in [2.45, 2.75) is 31.6 Å². The zero-order valence-corrected chi connectivity index (χ0v) is 12.6. The topological polar surface area (TPSA) is 41.5 Å². The summed E-state index contributed by atoms with van der Waals surface area (Å²) in [5.41, 5.74) is 0.345. The Hall–Kier alpha value is -0.130. The lowest BCUT2D eigenvalue weighted by Crippen LogP contribution is -2.45. The Morgan fingerprint density at radius 3 is 3.00 bits per heavy atom. The molecule has 1 aliphatic heterocycles. The average molecular weight is 335 g/mol. The Labute approximate surface area is 121 Å². The third-order valence-corrected chi connectivity index (χ3v) is 4.64. The first-order valence-corrected chi connectivity index (χ1v) is 7.17. The Kier molecular flexibility index (Phi) is 4.67. The fourth-order valence-corrected chi connectivity index (χ4v) is 2.53. The second-order valence-corrected chi connectivity index (χ2v) is 5.98. The second kappa shape index (κ2) is 5.88. The summed E-state index contributed by atoms with van der Waals surface area (Å²) in [7, 11) is 0. The molecule has 2 N–H and O–H groups in total. The molecule has 0 aromatic heterocycles. The molecular weight excluding hydrogens is 318 g/mol. The van der Waals surface area contributed by atoms with E-state index in [1.165, 1.54) is 0 Å². The quantitative estimate of drug-likeness (QED) is 0.889. The number of hydrogen-bond donors (Lipinski definition) is 2. The van der Waals surface area contributed by atoms with E-state index in [-0.39, 0.29) is 6.10 Å². The molecule has 2 rings (SSSR count). The van der Waals surface area contributed by atoms with Crippen LogP contribution < -0.4 is 5.32 Å². The number of nitrogens with one attached hydrogen (secondary N) is 1. The summed E-state index contributed by atoms with van der Waals surface area (Å²) < 4.78 is 6.28. The van der Waals surface area contributed by atoms with Crippen LogP contribution in [0.4, 0.5) is 0 Å². The molecule has 0 bridgehead atoms. The van der Waals surface area contributed by atoms with E-state index in [0.717, 1.165) is 10.0 Å². The molecule has 1 aliphatic rings. The largest absolute Gasteiger partial charge is 0.386 e. The van der Waals surface area contributed by atoms with Crippen molar-refractivity contribution in [1.29, 1.82) is 0 Å². The summed E-state index contributed by atoms with van der Waals surface area (Å²) in [5, 5.41) is 14.3. The molecule has 5 heteroatoms. The molecule has 3 nitrogen and oxygen atoms in total. The maximum absolute atomic E-state index is 10.3. The molecule has 1 aromatic carbocycles. The zero-order valence-electron chi connectivity index (χ0n) is 10.2. The number of ether oxygens (including phenoxy) is 1. The Balaban J connectivity index is 1.86. The van der Waals surface area contributed by atoms with Crippen molar-refractivity contribution >= 4 is 27.5 Å². The summed E-state index contributed by atoms with van der Waals surface area (Å²) >= 11 is 9.39. The molecule has 1 fully saturated rings. The SMILES string of the molecule is CC1OCCC1(O)CNCc1ccc(Br)c(Cl)c1. The molecule has 100 valence electrons. The first kappa shape index (κ1) is 14.3. The lowest BCUT2D eigenvalue weighted by Gasteiger charge is -2.26. The maximum atomic E-state index is 10.3. The van der Waals surface area contributed by atoms with Crippen LogP contribution in [-0.2, 0) is 11.3 Å². The predicted octanol–water partition coefficient (Wildman–Crippen LogP) is 2.73. The van der Waals surface area contributed by atoms with Gasteiger partial charge in [0.25, 0.3) is 0 Å². The molecule has 2 atom stereocenters. The van der Waals surface area contributed by atoms with Gasteiger partial charge >= 0.3 is 0 Å². The second-order valence-electron chi connectivity index (χ2n) is 4.72. The average Bonchev–Trinajstić information content (AvgIpc) is 2.65. The minimum atomic E-state index is -0.751. The zero-order chi connectivity index (χ0) is 13.2. The molecule has 0 saturated carbocycles. The Morgan fingerprint density at radius 1 is 1.61 bits per heavy atom. The van der Waals surface area contributed by atoms with Crippen molar-refractivity contribution < 1.29 is 9.84 Å². The highest BCUT2D eigenvalue weighted by Crippen LogP contribution is 2.25. The van der Waals surface area contributed by atoms with E-state index >= 15 is 0 Å². The van der Waals surface area contributed by atoms with Gasteiger partial charge in [-0.15, -0.1) is 0 Å². The number of rotatable bonds is 4. The van der Waals surface area contributed by atoms with Crippen molar-refractivity contribution in [1.82, 2.24) is 5.32 Å². The van der Waals surface area contributed by atoms with E-state index in [0.29, 0.717) is 31.1 Å². The first-order valence-electron chi connectivity index (χ1n) is 6.00. The molecule has 1 saturated heterocycles. The molecule has 1 aromatic rings. The summed E-state index contributed by atoms with van der Waals surface area (Å²) in [5.74, 6) is 0. The van der Waals surface area contributed by atoms with Gasteiger partial charge in [-0.3, -0.25) is 0 Å². The van der Waals surface area contributed by atoms with E-state index in [2.05, 4.69) is 21.2 Å². The molecular formula is C13H17BrClNO2. The monoisotopic (exact) mass is 333 g/mol. The van der Waals surface area contributed by atoms with Crippen LogP contribution in [0.15, 0.2) is 22.7 Å². The smallest absolute Gasteiger partial charge is 0.105 e. The van der Waals surface area contributed by atoms with Crippen molar-refractivity contribution in [2.75, 3.05) is 13.2 Å². The lowest BCUT2D eigenvalue weighted by molar-refractivity contribution is -0.0262. The van der Waals surface area contributed by atoms with Crippen molar-refractivity contribution in [3.63, 3.8) is 0 Å². The Bertz CT molecular complexity index is 429. The molecule has 2 unspecified atom stereocenters. The number of hydrogen-bond acceptors (Lipinski definition) is 3. The highest BCUT2D eigenvalue weighted by molar-refractivity contribution is 9.10. The number of halogens is 2. The van der Waals surface area contributed by atoms with Gasteiger partial charge in [-0.25, -0.2) is 0 Å². The molecule has 1 heterocycles. The van der Waals surface area contributed by atoms with E-state index in [1.54, 1.807) is 0 Å². The fraction of sp³-hybridized carbons (Fsp3) is 0.538. The summed E-state index contributed by atoms with van der Waals surface area (Å²) in [6.45, 7) is 3.75. The third-order valence-electron chi connectivity index (χ3n) is 3.40. The third kappa shape index (κ3) is 3.25. The van der Waals surface area contributed by atoms with Gasteiger partial charge in [0.15, 0.2) is 0 Å². The molecule has 0 amide bonds. The van der Waals surface area contributed by atoms with Crippen LogP contribution >= 0.6 is 27.5 Å². The van der Waals surface area contributed by atoms with E-state index in [9.17, 15) is 5.11 Å². The highest BCUT2D eigenvalue weighted by Gasteiger charge is 2.38. The van der Waals surface area contributed by atoms with Gasteiger partial charge in [0.1, 0.15) is 5.60 Å². The van der Waals surface area contributed by atoms with Crippen molar-refractivity contribution in [3.8, 4) is 0 Å². The summed E-state index contributed by atoms with van der Waals surface area (Å²) in [6.07, 6.45) is 0.570. The van der Waals surface area contributed by atoms with E-state index in [4.69, 9.17) is 16.3 Å². The normalized spacial score (nSPS) is 27.7. The highest BCUT2D eigenvalue weighted by atomic mass is 79.9. The summed E-state index contributed by atoms with van der Waals surface area (Å²) in [6, 6.07) is 5.84. The van der Waals surface area contributed by atoms with Gasteiger partial charge in [-0.2, -0.15) is 0 Å². The van der Waals surface area contributed by atoms with Crippen LogP contribution in [0.25, 0.3) is 0 Å². The predicted molar refractivity (Wildman–Crippen MR) is 75.8 cm³/mol. The van der Waals surface area contributed by atoms with Crippen LogP contribution in [0.3, 0.4) is 0 Å². The standard InChI is InChI=1S/C13H17BrClNO2/c1-9-13(17,4-5-18-9)8-16-7-10-2-3-11(14)12(15)6-10/h2-3,6,9,16-17H,4-5,7-8H2,1H3. The van der Waals surface area contributed by atoms with Gasteiger partial charge < -0.3 is 15.2 Å². The van der Waals surface area contributed by atoms with Gasteiger partial charge in [0.2, 0.25) is 0 Å². The van der Waals surface area contributed by atoms with E-state index < -0.39 is 5.60 Å².